The molecule has 0 amide bonds. The molecule has 1 N–H and O–H groups in total. The highest BCUT2D eigenvalue weighted by Gasteiger charge is 2.07. The summed E-state index contributed by atoms with van der Waals surface area (Å²) < 4.78 is 3.45. The average Bonchev–Trinajstić information content (AvgIpc) is 3.04. The van der Waals surface area contributed by atoms with E-state index in [-0.39, 0.29) is 5.56 Å². The molecule has 3 aromatic rings. The molecule has 0 bridgehead atoms. The van der Waals surface area contributed by atoms with Crippen molar-refractivity contribution < 1.29 is 0 Å². The van der Waals surface area contributed by atoms with Gasteiger partial charge in [0.1, 0.15) is 0 Å². The molecule has 0 aliphatic heterocycles. The normalized spacial score (nSPS) is 11.0. The van der Waals surface area contributed by atoms with Crippen LogP contribution in [0.15, 0.2) is 52.7 Å². The summed E-state index contributed by atoms with van der Waals surface area (Å²) in [5.74, 6) is 0.653. The van der Waals surface area contributed by atoms with Gasteiger partial charge < -0.3 is 4.57 Å². The van der Waals surface area contributed by atoms with Gasteiger partial charge in [0.2, 0.25) is 0 Å². The Bertz CT molecular complexity index is 803. The fourth-order valence-electron chi connectivity index (χ4n) is 1.93. The molecule has 0 fully saturated rings. The third kappa shape index (κ3) is 3.06. The lowest BCUT2D eigenvalue weighted by Gasteiger charge is -2.02. The molecule has 0 radical (unpaired) electrons. The van der Waals surface area contributed by atoms with Crippen molar-refractivity contribution in [2.24, 2.45) is 7.05 Å². The summed E-state index contributed by atoms with van der Waals surface area (Å²) in [5, 5.41) is 4.66. The van der Waals surface area contributed by atoms with E-state index in [1.807, 2.05) is 17.8 Å². The Labute approximate surface area is 130 Å². The maximum absolute atomic E-state index is 12.0. The molecule has 0 spiro atoms. The quantitative estimate of drug-likeness (QED) is 0.752. The first kappa shape index (κ1) is 14.0. The van der Waals surface area contributed by atoms with E-state index in [0.29, 0.717) is 10.8 Å². The molecule has 5 nitrogen and oxygen atoms in total. The summed E-state index contributed by atoms with van der Waals surface area (Å²) in [4.78, 5) is 16.3. The van der Waals surface area contributed by atoms with Gasteiger partial charge in [-0.05, 0) is 24.3 Å². The molecule has 1 aromatic carbocycles. The number of imidazole rings is 1. The Hall–Kier alpha value is -1.92. The summed E-state index contributed by atoms with van der Waals surface area (Å²) >= 11 is 7.43. The highest BCUT2D eigenvalue weighted by Crippen LogP contribution is 2.19. The van der Waals surface area contributed by atoms with Crippen LogP contribution in [0.3, 0.4) is 0 Å². The summed E-state index contributed by atoms with van der Waals surface area (Å²) in [5.41, 5.74) is 1.52. The summed E-state index contributed by atoms with van der Waals surface area (Å²) in [7, 11) is 1.94. The van der Waals surface area contributed by atoms with E-state index in [4.69, 9.17) is 11.6 Å². The Kier molecular flexibility index (Phi) is 3.90. The fourth-order valence-corrected chi connectivity index (χ4v) is 2.89. The molecule has 2 aromatic heterocycles. The van der Waals surface area contributed by atoms with Crippen molar-refractivity contribution in [2.75, 3.05) is 0 Å². The Morgan fingerprint density at radius 3 is 2.76 bits per heavy atom. The number of hydrogen-bond acceptors (Lipinski definition) is 3. The molecule has 108 valence electrons. The van der Waals surface area contributed by atoms with Gasteiger partial charge in [-0.15, -0.1) is 0 Å². The van der Waals surface area contributed by atoms with Crippen molar-refractivity contribution in [1.29, 1.82) is 0 Å². The first-order valence-corrected chi connectivity index (χ1v) is 7.67. The van der Waals surface area contributed by atoms with Crippen LogP contribution in [0.1, 0.15) is 5.69 Å². The van der Waals surface area contributed by atoms with Crippen LogP contribution in [0.5, 0.6) is 0 Å². The van der Waals surface area contributed by atoms with Gasteiger partial charge in [0.15, 0.2) is 5.16 Å². The number of nitrogens with zero attached hydrogens (tertiary/aromatic N) is 3. The van der Waals surface area contributed by atoms with E-state index in [2.05, 4.69) is 10.1 Å². The Balaban J connectivity index is 1.80. The molecule has 2 heterocycles. The van der Waals surface area contributed by atoms with Gasteiger partial charge >= 0.3 is 0 Å². The van der Waals surface area contributed by atoms with E-state index >= 15 is 0 Å². The maximum Gasteiger partial charge on any atom is 0.271 e. The summed E-state index contributed by atoms with van der Waals surface area (Å²) in [6.07, 6.45) is 3.65. The molecule has 0 aliphatic rings. The summed E-state index contributed by atoms with van der Waals surface area (Å²) in [6, 6.07) is 8.72. The molecule has 21 heavy (non-hydrogen) atoms. The van der Waals surface area contributed by atoms with Crippen LogP contribution in [0, 0.1) is 0 Å². The van der Waals surface area contributed by atoms with Crippen LogP contribution in [0.25, 0.3) is 5.69 Å². The second-order valence-electron chi connectivity index (χ2n) is 4.54. The maximum atomic E-state index is 12.0. The van der Waals surface area contributed by atoms with Gasteiger partial charge in [0.25, 0.3) is 5.56 Å². The number of halogens is 1. The molecule has 0 saturated heterocycles. The van der Waals surface area contributed by atoms with Gasteiger partial charge in [-0.3, -0.25) is 9.89 Å². The topological polar surface area (TPSA) is 55.6 Å². The largest absolute Gasteiger partial charge is 0.329 e. The van der Waals surface area contributed by atoms with Crippen LogP contribution in [0.2, 0.25) is 5.02 Å². The van der Waals surface area contributed by atoms with E-state index in [0.717, 1.165) is 16.5 Å². The zero-order valence-corrected chi connectivity index (χ0v) is 12.9. The predicted molar refractivity (Wildman–Crippen MR) is 84.2 cm³/mol. The third-order valence-electron chi connectivity index (χ3n) is 2.99. The number of aromatic amines is 1. The van der Waals surface area contributed by atoms with Crippen molar-refractivity contribution in [3.63, 3.8) is 0 Å². The van der Waals surface area contributed by atoms with Crippen LogP contribution < -0.4 is 5.56 Å². The van der Waals surface area contributed by atoms with Gasteiger partial charge in [0, 0.05) is 42.0 Å². The number of aromatic nitrogens is 4. The summed E-state index contributed by atoms with van der Waals surface area (Å²) in [6.45, 7) is 0. The molecule has 0 unspecified atom stereocenters. The molecule has 0 saturated carbocycles. The second-order valence-corrected chi connectivity index (χ2v) is 5.92. The highest BCUT2D eigenvalue weighted by atomic mass is 35.5. The molecule has 0 atom stereocenters. The van der Waals surface area contributed by atoms with Crippen molar-refractivity contribution >= 4 is 23.4 Å². The number of benzene rings is 1. The first-order valence-electron chi connectivity index (χ1n) is 6.30. The minimum absolute atomic E-state index is 0.0900. The Morgan fingerprint density at radius 1 is 1.33 bits per heavy atom. The number of aryl methyl sites for hydroxylation is 1. The number of hydrogen-bond donors (Lipinski definition) is 1. The van der Waals surface area contributed by atoms with Crippen molar-refractivity contribution in [2.45, 2.75) is 10.9 Å². The van der Waals surface area contributed by atoms with Crippen LogP contribution >= 0.6 is 23.4 Å². The van der Waals surface area contributed by atoms with Gasteiger partial charge in [-0.2, -0.15) is 0 Å². The zero-order valence-electron chi connectivity index (χ0n) is 11.3. The average molecular weight is 321 g/mol. The highest BCUT2D eigenvalue weighted by molar-refractivity contribution is 7.98. The van der Waals surface area contributed by atoms with Gasteiger partial charge in [0.05, 0.1) is 5.69 Å². The van der Waals surface area contributed by atoms with Crippen LogP contribution in [0.4, 0.5) is 0 Å². The minimum atomic E-state index is -0.0900. The number of thioether (sulfide) groups is 1. The predicted octanol–water partition coefficient (Wildman–Crippen LogP) is 2.84. The SMILES string of the molecule is Cn1ccnc1SCc1cc(=O)n(-c2ccc(Cl)cc2)[nH]1. The van der Waals surface area contributed by atoms with E-state index in [1.54, 1.807) is 48.3 Å². The smallest absolute Gasteiger partial charge is 0.271 e. The van der Waals surface area contributed by atoms with E-state index in [9.17, 15) is 4.79 Å². The number of rotatable bonds is 4. The lowest BCUT2D eigenvalue weighted by Crippen LogP contribution is -2.13. The van der Waals surface area contributed by atoms with Gasteiger partial charge in [-0.1, -0.05) is 23.4 Å². The van der Waals surface area contributed by atoms with E-state index in [1.165, 1.54) is 4.68 Å². The zero-order chi connectivity index (χ0) is 14.8. The Morgan fingerprint density at radius 2 is 2.10 bits per heavy atom. The molecule has 0 aliphatic carbocycles. The molecule has 7 heteroatoms. The molecule has 3 rings (SSSR count). The minimum Gasteiger partial charge on any atom is -0.329 e. The lowest BCUT2D eigenvalue weighted by molar-refractivity contribution is 0.788. The monoisotopic (exact) mass is 320 g/mol. The molecular weight excluding hydrogens is 308 g/mol. The van der Waals surface area contributed by atoms with Crippen LogP contribution in [-0.2, 0) is 12.8 Å². The number of H-pyrrole nitrogens is 1. The fraction of sp³-hybridized carbons (Fsp3) is 0.143. The standard InChI is InChI=1S/C14H13ClN4OS/c1-18-7-6-16-14(18)21-9-11-8-13(20)19(17-11)12-4-2-10(15)3-5-12/h2-8,17H,9H2,1H3. The number of nitrogens with one attached hydrogen (secondary N) is 1. The van der Waals surface area contributed by atoms with Crippen molar-refractivity contribution in [3.8, 4) is 5.69 Å². The second kappa shape index (κ2) is 5.83. The van der Waals surface area contributed by atoms with Crippen molar-refractivity contribution in [1.82, 2.24) is 19.3 Å². The van der Waals surface area contributed by atoms with Crippen molar-refractivity contribution in [3.05, 3.63) is 63.8 Å². The van der Waals surface area contributed by atoms with E-state index < -0.39 is 0 Å². The van der Waals surface area contributed by atoms with Gasteiger partial charge in [-0.25, -0.2) is 9.67 Å². The van der Waals surface area contributed by atoms with Crippen LogP contribution in [-0.4, -0.2) is 19.3 Å². The first-order chi connectivity index (χ1) is 10.1. The molecular formula is C14H13ClN4OS. The lowest BCUT2D eigenvalue weighted by atomic mass is 10.3. The third-order valence-corrected chi connectivity index (χ3v) is 4.35.